The molecule has 4 atom stereocenters. The monoisotopic (exact) mass is 502 g/mol. The van der Waals surface area contributed by atoms with Gasteiger partial charge in [0.1, 0.15) is 0 Å². The number of piperidine rings is 1. The number of nitrogens with zero attached hydrogens (tertiary/aromatic N) is 1. The SMILES string of the molecule is O=C(C1CNC[C@]12COCc1c2ccc2c1OCO2)N1CC[C@@H](c2ccccc2)C[C@H]1C1CCCCC1. The number of nitrogens with one attached hydrogen (secondary N) is 1. The van der Waals surface area contributed by atoms with Crippen LogP contribution in [-0.2, 0) is 21.6 Å². The van der Waals surface area contributed by atoms with Gasteiger partial charge in [-0.25, -0.2) is 0 Å². The quantitative estimate of drug-likeness (QED) is 0.656. The van der Waals surface area contributed by atoms with E-state index in [0.717, 1.165) is 43.0 Å². The zero-order valence-corrected chi connectivity index (χ0v) is 21.6. The molecule has 7 rings (SSSR count). The summed E-state index contributed by atoms with van der Waals surface area (Å²) in [5.41, 5.74) is 3.34. The highest BCUT2D eigenvalue weighted by Crippen LogP contribution is 2.49. The minimum absolute atomic E-state index is 0.133. The Morgan fingerprint density at radius 3 is 2.73 bits per heavy atom. The van der Waals surface area contributed by atoms with Crippen LogP contribution in [0.25, 0.3) is 0 Å². The predicted molar refractivity (Wildman–Crippen MR) is 141 cm³/mol. The molecule has 1 unspecified atom stereocenters. The third-order valence-corrected chi connectivity index (χ3v) is 9.93. The lowest BCUT2D eigenvalue weighted by atomic mass is 9.68. The van der Waals surface area contributed by atoms with Gasteiger partial charge in [0.2, 0.25) is 12.7 Å². The second kappa shape index (κ2) is 9.63. The Morgan fingerprint density at radius 1 is 1.00 bits per heavy atom. The number of hydrogen-bond donors (Lipinski definition) is 1. The number of hydrogen-bond acceptors (Lipinski definition) is 5. The number of likely N-dealkylation sites (tertiary alicyclic amines) is 1. The molecule has 37 heavy (non-hydrogen) atoms. The number of amides is 1. The number of carbonyl (C=O) groups excluding carboxylic acids is 1. The fourth-order valence-corrected chi connectivity index (χ4v) is 8.03. The summed E-state index contributed by atoms with van der Waals surface area (Å²) in [5.74, 6) is 2.92. The van der Waals surface area contributed by atoms with Crippen molar-refractivity contribution in [2.24, 2.45) is 11.8 Å². The Labute approximate surface area is 219 Å². The first kappa shape index (κ1) is 23.5. The average Bonchev–Trinajstić information content (AvgIpc) is 3.62. The fraction of sp³-hybridized carbons (Fsp3) is 0.581. The van der Waals surface area contributed by atoms with Crippen LogP contribution in [0.15, 0.2) is 42.5 Å². The normalized spacial score (nSPS) is 31.5. The van der Waals surface area contributed by atoms with Gasteiger partial charge in [-0.15, -0.1) is 0 Å². The van der Waals surface area contributed by atoms with Crippen molar-refractivity contribution < 1.29 is 19.0 Å². The molecule has 1 N–H and O–H groups in total. The lowest BCUT2D eigenvalue weighted by Crippen LogP contribution is -2.56. The lowest BCUT2D eigenvalue weighted by Gasteiger charge is -2.48. The summed E-state index contributed by atoms with van der Waals surface area (Å²) in [6, 6.07) is 15.5. The summed E-state index contributed by atoms with van der Waals surface area (Å²) < 4.78 is 17.7. The van der Waals surface area contributed by atoms with Crippen LogP contribution in [0.5, 0.6) is 11.5 Å². The minimum atomic E-state index is -0.362. The van der Waals surface area contributed by atoms with Crippen LogP contribution in [0.2, 0.25) is 0 Å². The Balaban J connectivity index is 1.20. The van der Waals surface area contributed by atoms with Gasteiger partial charge in [-0.3, -0.25) is 4.79 Å². The van der Waals surface area contributed by atoms with Gasteiger partial charge in [-0.05, 0) is 54.7 Å². The molecule has 2 saturated heterocycles. The standard InChI is InChI=1S/C31H38N2O4/c34-30(26-16-32-18-31(26)19-35-17-24-25(31)11-12-28-29(24)37-20-36-28)33-14-13-23(21-7-3-1-4-8-21)15-27(33)22-9-5-2-6-10-22/h1,3-4,7-8,11-12,22-23,26-27,32H,2,5-6,9-10,13-20H2/t23-,26?,27+,31-/m1/s1. The van der Waals surface area contributed by atoms with Crippen LogP contribution < -0.4 is 14.8 Å². The summed E-state index contributed by atoms with van der Waals surface area (Å²) in [5, 5.41) is 3.59. The molecule has 0 bridgehead atoms. The molecule has 5 aliphatic rings. The van der Waals surface area contributed by atoms with E-state index in [1.54, 1.807) is 0 Å². The predicted octanol–water partition coefficient (Wildman–Crippen LogP) is 4.76. The van der Waals surface area contributed by atoms with E-state index in [2.05, 4.69) is 46.6 Å². The molecule has 2 aromatic rings. The Bertz CT molecular complexity index is 1150. The molecule has 4 heterocycles. The van der Waals surface area contributed by atoms with E-state index in [9.17, 15) is 4.79 Å². The van der Waals surface area contributed by atoms with Crippen molar-refractivity contribution in [3.63, 3.8) is 0 Å². The number of rotatable bonds is 3. The van der Waals surface area contributed by atoms with Crippen LogP contribution in [0, 0.1) is 11.8 Å². The number of benzene rings is 2. The fourth-order valence-electron chi connectivity index (χ4n) is 8.03. The molecule has 1 saturated carbocycles. The Morgan fingerprint density at radius 2 is 1.86 bits per heavy atom. The highest BCUT2D eigenvalue weighted by molar-refractivity contribution is 5.82. The molecular formula is C31H38N2O4. The molecule has 196 valence electrons. The molecule has 2 aromatic carbocycles. The van der Waals surface area contributed by atoms with Crippen molar-refractivity contribution in [2.45, 2.75) is 68.9 Å². The molecule has 1 spiro atoms. The van der Waals surface area contributed by atoms with Gasteiger partial charge in [0, 0.05) is 36.7 Å². The first-order chi connectivity index (χ1) is 18.2. The second-order valence-electron chi connectivity index (χ2n) is 11.8. The third kappa shape index (κ3) is 3.95. The first-order valence-corrected chi connectivity index (χ1v) is 14.3. The third-order valence-electron chi connectivity index (χ3n) is 9.93. The molecule has 4 aliphatic heterocycles. The van der Waals surface area contributed by atoms with Gasteiger partial charge in [-0.1, -0.05) is 55.7 Å². The zero-order valence-electron chi connectivity index (χ0n) is 21.6. The van der Waals surface area contributed by atoms with Crippen molar-refractivity contribution in [2.75, 3.05) is 33.0 Å². The number of fused-ring (bicyclic) bond motifs is 4. The van der Waals surface area contributed by atoms with E-state index in [4.69, 9.17) is 14.2 Å². The smallest absolute Gasteiger partial charge is 0.231 e. The van der Waals surface area contributed by atoms with Gasteiger partial charge in [0.25, 0.3) is 0 Å². The maximum absolute atomic E-state index is 14.6. The van der Waals surface area contributed by atoms with Gasteiger partial charge < -0.3 is 24.4 Å². The minimum Gasteiger partial charge on any atom is -0.454 e. The van der Waals surface area contributed by atoms with Crippen LogP contribution in [-0.4, -0.2) is 49.9 Å². The van der Waals surface area contributed by atoms with Crippen molar-refractivity contribution in [3.8, 4) is 11.5 Å². The lowest BCUT2D eigenvalue weighted by molar-refractivity contribution is -0.144. The highest BCUT2D eigenvalue weighted by Gasteiger charge is 2.54. The topological polar surface area (TPSA) is 60.0 Å². The van der Waals surface area contributed by atoms with E-state index in [0.29, 0.717) is 43.5 Å². The van der Waals surface area contributed by atoms with E-state index < -0.39 is 0 Å². The van der Waals surface area contributed by atoms with Crippen molar-refractivity contribution >= 4 is 5.91 Å². The zero-order chi connectivity index (χ0) is 24.8. The molecule has 3 fully saturated rings. The van der Waals surface area contributed by atoms with Crippen LogP contribution >= 0.6 is 0 Å². The van der Waals surface area contributed by atoms with Gasteiger partial charge in [-0.2, -0.15) is 0 Å². The molecule has 1 amide bonds. The summed E-state index contributed by atoms with van der Waals surface area (Å²) in [4.78, 5) is 16.9. The van der Waals surface area contributed by atoms with Gasteiger partial charge >= 0.3 is 0 Å². The van der Waals surface area contributed by atoms with Crippen molar-refractivity contribution in [1.29, 1.82) is 0 Å². The molecule has 0 radical (unpaired) electrons. The largest absolute Gasteiger partial charge is 0.454 e. The first-order valence-electron chi connectivity index (χ1n) is 14.3. The van der Waals surface area contributed by atoms with E-state index >= 15 is 0 Å². The van der Waals surface area contributed by atoms with Crippen molar-refractivity contribution in [1.82, 2.24) is 10.2 Å². The number of ether oxygens (including phenoxy) is 3. The average molecular weight is 503 g/mol. The summed E-state index contributed by atoms with van der Waals surface area (Å²) >= 11 is 0. The van der Waals surface area contributed by atoms with Gasteiger partial charge in [0.15, 0.2) is 11.5 Å². The maximum Gasteiger partial charge on any atom is 0.231 e. The summed E-state index contributed by atoms with van der Waals surface area (Å²) in [6.45, 7) is 3.63. The maximum atomic E-state index is 14.6. The molecule has 6 heteroatoms. The summed E-state index contributed by atoms with van der Waals surface area (Å²) in [7, 11) is 0. The Hall–Kier alpha value is -2.57. The van der Waals surface area contributed by atoms with E-state index in [1.807, 2.05) is 6.07 Å². The van der Waals surface area contributed by atoms with E-state index in [-0.39, 0.29) is 18.1 Å². The Kier molecular flexibility index (Phi) is 6.13. The molecule has 1 aliphatic carbocycles. The van der Waals surface area contributed by atoms with Crippen LogP contribution in [0.1, 0.15) is 67.6 Å². The highest BCUT2D eigenvalue weighted by atomic mass is 16.7. The molecule has 0 aromatic heterocycles. The van der Waals surface area contributed by atoms with Crippen LogP contribution in [0.3, 0.4) is 0 Å². The van der Waals surface area contributed by atoms with Gasteiger partial charge in [0.05, 0.1) is 19.1 Å². The second-order valence-corrected chi connectivity index (χ2v) is 11.8. The number of carbonyl (C=O) groups is 1. The van der Waals surface area contributed by atoms with Crippen LogP contribution in [0.4, 0.5) is 0 Å². The summed E-state index contributed by atoms with van der Waals surface area (Å²) in [6.07, 6.45) is 8.54. The molecular weight excluding hydrogens is 464 g/mol. The van der Waals surface area contributed by atoms with E-state index in [1.165, 1.54) is 43.2 Å². The molecule has 6 nitrogen and oxygen atoms in total. The van der Waals surface area contributed by atoms with Crippen molar-refractivity contribution in [3.05, 3.63) is 59.2 Å².